The standard InChI is InChI=1S/C25H44N2O9/c1-22(2,3)34-19(29)15(26-20(30)35-23(4,5)6)10-11-25(32)13-14-12-16(17(28)18(14)33-25)27-21(31)36-24(7,8)9/h14-18,28,32H,10-13H2,1-9H3,(H,26,30)(H,27,31)/t14-,15+,16-,17-,18+,25?/m1/s1. The third kappa shape index (κ3) is 9.40. The lowest BCUT2D eigenvalue weighted by Gasteiger charge is -2.30. The van der Waals surface area contributed by atoms with Crippen LogP contribution in [0.1, 0.15) is 88.0 Å². The summed E-state index contributed by atoms with van der Waals surface area (Å²) < 4.78 is 21.8. The Labute approximate surface area is 213 Å². The zero-order chi connectivity index (χ0) is 27.7. The monoisotopic (exact) mass is 516 g/mol. The van der Waals surface area contributed by atoms with E-state index in [9.17, 15) is 24.6 Å². The van der Waals surface area contributed by atoms with Crippen molar-refractivity contribution in [3.8, 4) is 0 Å². The molecular formula is C25H44N2O9. The first-order valence-electron chi connectivity index (χ1n) is 12.5. The molecular weight excluding hydrogens is 472 g/mol. The van der Waals surface area contributed by atoms with Gasteiger partial charge in [0.05, 0.1) is 12.1 Å². The summed E-state index contributed by atoms with van der Waals surface area (Å²) in [6.07, 6.45) is -2.48. The molecule has 1 heterocycles. The van der Waals surface area contributed by atoms with Crippen LogP contribution in [-0.4, -0.2) is 75.3 Å². The molecule has 208 valence electrons. The van der Waals surface area contributed by atoms with Gasteiger partial charge in [-0.2, -0.15) is 0 Å². The fourth-order valence-corrected chi connectivity index (χ4v) is 4.39. The molecule has 2 amide bonds. The molecule has 2 aliphatic rings. The number of alkyl carbamates (subject to hydrolysis) is 2. The average Bonchev–Trinajstić information content (AvgIpc) is 3.08. The second kappa shape index (κ2) is 10.7. The molecule has 4 N–H and O–H groups in total. The van der Waals surface area contributed by atoms with E-state index in [1.165, 1.54) is 0 Å². The fourth-order valence-electron chi connectivity index (χ4n) is 4.39. The lowest BCUT2D eigenvalue weighted by Crippen LogP contribution is -2.48. The van der Waals surface area contributed by atoms with Crippen LogP contribution in [0.2, 0.25) is 0 Å². The Morgan fingerprint density at radius 2 is 1.47 bits per heavy atom. The van der Waals surface area contributed by atoms with Crippen LogP contribution in [-0.2, 0) is 23.7 Å². The third-order valence-corrected chi connectivity index (χ3v) is 5.61. The smallest absolute Gasteiger partial charge is 0.408 e. The lowest BCUT2D eigenvalue weighted by molar-refractivity contribution is -0.212. The molecule has 1 aliphatic heterocycles. The molecule has 1 saturated heterocycles. The minimum atomic E-state index is -1.61. The topological polar surface area (TPSA) is 153 Å². The number of aliphatic hydroxyl groups is 2. The predicted octanol–water partition coefficient (Wildman–Crippen LogP) is 2.75. The number of esters is 1. The number of hydrogen-bond acceptors (Lipinski definition) is 9. The number of nitrogens with one attached hydrogen (secondary N) is 2. The van der Waals surface area contributed by atoms with Crippen LogP contribution in [0, 0.1) is 5.92 Å². The molecule has 11 heteroatoms. The van der Waals surface area contributed by atoms with E-state index in [1.54, 1.807) is 62.3 Å². The average molecular weight is 517 g/mol. The normalized spacial score (nSPS) is 29.2. The highest BCUT2D eigenvalue weighted by molar-refractivity contribution is 5.81. The maximum absolute atomic E-state index is 12.8. The molecule has 11 nitrogen and oxygen atoms in total. The van der Waals surface area contributed by atoms with Crippen molar-refractivity contribution in [3.63, 3.8) is 0 Å². The fraction of sp³-hybridized carbons (Fsp3) is 0.880. The van der Waals surface area contributed by atoms with E-state index in [0.29, 0.717) is 6.42 Å². The first-order chi connectivity index (χ1) is 16.2. The summed E-state index contributed by atoms with van der Waals surface area (Å²) in [5.41, 5.74) is -2.20. The van der Waals surface area contributed by atoms with Gasteiger partial charge >= 0.3 is 18.2 Å². The summed E-state index contributed by atoms with van der Waals surface area (Å²) in [5.74, 6) is -2.47. The van der Waals surface area contributed by atoms with Gasteiger partial charge in [0.1, 0.15) is 28.9 Å². The Hall–Kier alpha value is -2.11. The van der Waals surface area contributed by atoms with Crippen LogP contribution in [0.5, 0.6) is 0 Å². The van der Waals surface area contributed by atoms with Gasteiger partial charge in [-0.25, -0.2) is 14.4 Å². The number of fused-ring (bicyclic) bond motifs is 1. The maximum Gasteiger partial charge on any atom is 0.408 e. The molecule has 6 atom stereocenters. The van der Waals surface area contributed by atoms with Crippen molar-refractivity contribution >= 4 is 18.2 Å². The van der Waals surface area contributed by atoms with Crippen molar-refractivity contribution in [1.29, 1.82) is 0 Å². The molecule has 0 aromatic rings. The Morgan fingerprint density at radius 3 is 1.97 bits per heavy atom. The van der Waals surface area contributed by atoms with Crippen LogP contribution in [0.4, 0.5) is 9.59 Å². The van der Waals surface area contributed by atoms with E-state index >= 15 is 0 Å². The molecule has 2 rings (SSSR count). The summed E-state index contributed by atoms with van der Waals surface area (Å²) in [7, 11) is 0. The number of hydrogen-bond donors (Lipinski definition) is 4. The summed E-state index contributed by atoms with van der Waals surface area (Å²) in [6.45, 7) is 15.5. The SMILES string of the molecule is CC(C)(C)OC(=O)N[C@@H](CCC1(O)C[C@H]2C[C@@H](NC(=O)OC(C)(C)C)[C@@H](O)[C@H]2O1)C(=O)OC(C)(C)C. The van der Waals surface area contributed by atoms with E-state index in [2.05, 4.69) is 10.6 Å². The second-order valence-corrected chi connectivity index (χ2v) is 12.7. The van der Waals surface area contributed by atoms with E-state index in [-0.39, 0.29) is 25.2 Å². The van der Waals surface area contributed by atoms with Gasteiger partial charge in [-0.3, -0.25) is 0 Å². The number of carbonyl (C=O) groups excluding carboxylic acids is 3. The highest BCUT2D eigenvalue weighted by atomic mass is 16.6. The highest BCUT2D eigenvalue weighted by Crippen LogP contribution is 2.45. The molecule has 0 aromatic carbocycles. The van der Waals surface area contributed by atoms with Crippen molar-refractivity contribution in [2.24, 2.45) is 5.92 Å². The molecule has 0 radical (unpaired) electrons. The summed E-state index contributed by atoms with van der Waals surface area (Å²) in [5, 5.41) is 27.0. The summed E-state index contributed by atoms with van der Waals surface area (Å²) in [4.78, 5) is 37.2. The van der Waals surface area contributed by atoms with E-state index < -0.39 is 65.0 Å². The van der Waals surface area contributed by atoms with Gasteiger partial charge in [0.15, 0.2) is 5.79 Å². The minimum absolute atomic E-state index is 0.0105. The van der Waals surface area contributed by atoms with Gasteiger partial charge in [0.25, 0.3) is 0 Å². The van der Waals surface area contributed by atoms with Gasteiger partial charge in [-0.15, -0.1) is 0 Å². The van der Waals surface area contributed by atoms with Gasteiger partial charge in [-0.05, 0) is 81.1 Å². The Balaban J connectivity index is 1.99. The maximum atomic E-state index is 12.8. The van der Waals surface area contributed by atoms with Gasteiger partial charge in [0, 0.05) is 12.8 Å². The molecule has 1 unspecified atom stereocenters. The molecule has 0 spiro atoms. The van der Waals surface area contributed by atoms with E-state index in [0.717, 1.165) is 0 Å². The highest BCUT2D eigenvalue weighted by Gasteiger charge is 2.55. The van der Waals surface area contributed by atoms with Crippen molar-refractivity contribution in [1.82, 2.24) is 10.6 Å². The Morgan fingerprint density at radius 1 is 0.944 bits per heavy atom. The molecule has 1 aliphatic carbocycles. The van der Waals surface area contributed by atoms with E-state index in [1.807, 2.05) is 0 Å². The first kappa shape index (κ1) is 30.1. The number of ether oxygens (including phenoxy) is 4. The zero-order valence-corrected chi connectivity index (χ0v) is 23.0. The van der Waals surface area contributed by atoms with Crippen molar-refractivity contribution in [2.75, 3.05) is 0 Å². The largest absolute Gasteiger partial charge is 0.458 e. The predicted molar refractivity (Wildman–Crippen MR) is 130 cm³/mol. The number of carbonyl (C=O) groups is 3. The molecule has 1 saturated carbocycles. The van der Waals surface area contributed by atoms with Gasteiger partial charge < -0.3 is 39.8 Å². The van der Waals surface area contributed by atoms with Crippen LogP contribution in [0.15, 0.2) is 0 Å². The van der Waals surface area contributed by atoms with Gasteiger partial charge in [-0.1, -0.05) is 0 Å². The number of aliphatic hydroxyl groups excluding tert-OH is 1. The molecule has 36 heavy (non-hydrogen) atoms. The third-order valence-electron chi connectivity index (χ3n) is 5.61. The minimum Gasteiger partial charge on any atom is -0.458 e. The molecule has 2 fully saturated rings. The van der Waals surface area contributed by atoms with Crippen LogP contribution < -0.4 is 10.6 Å². The van der Waals surface area contributed by atoms with Crippen molar-refractivity contribution < 1.29 is 43.5 Å². The van der Waals surface area contributed by atoms with Crippen molar-refractivity contribution in [3.05, 3.63) is 0 Å². The molecule has 0 bridgehead atoms. The number of rotatable bonds is 6. The lowest BCUT2D eigenvalue weighted by atomic mass is 9.95. The van der Waals surface area contributed by atoms with Crippen LogP contribution >= 0.6 is 0 Å². The Kier molecular flexibility index (Phi) is 8.96. The first-order valence-corrected chi connectivity index (χ1v) is 12.5. The van der Waals surface area contributed by atoms with Crippen LogP contribution in [0.3, 0.4) is 0 Å². The zero-order valence-electron chi connectivity index (χ0n) is 23.0. The molecule has 0 aromatic heterocycles. The number of amides is 2. The quantitative estimate of drug-likeness (QED) is 0.308. The Bertz CT molecular complexity index is 812. The van der Waals surface area contributed by atoms with Crippen LogP contribution in [0.25, 0.3) is 0 Å². The van der Waals surface area contributed by atoms with Crippen molar-refractivity contribution in [2.45, 2.75) is 135 Å². The second-order valence-electron chi connectivity index (χ2n) is 12.7. The summed E-state index contributed by atoms with van der Waals surface area (Å²) in [6, 6.07) is -1.64. The summed E-state index contributed by atoms with van der Waals surface area (Å²) >= 11 is 0. The van der Waals surface area contributed by atoms with Gasteiger partial charge in [0.2, 0.25) is 0 Å². The van der Waals surface area contributed by atoms with E-state index in [4.69, 9.17) is 18.9 Å².